The van der Waals surface area contributed by atoms with Crippen LogP contribution in [0.2, 0.25) is 0 Å². The molecule has 7 nitrogen and oxygen atoms in total. The van der Waals surface area contributed by atoms with Crippen molar-refractivity contribution < 1.29 is 14.3 Å². The number of aromatic nitrogens is 3. The van der Waals surface area contributed by atoms with Crippen LogP contribution in [-0.2, 0) is 16.0 Å². The SMILES string of the molecule is C=Cc1c2[n-]c(c1C)/C=C1\[N-]/C(=C3\c4[n-]c(cc4C(=O)[C@@H]3C(=O)OC)/C=c3\[n-]/c(c(C)c3CC)=C\2)[C@@H](CC)[C@@H]1C.[Mg+2]. The van der Waals surface area contributed by atoms with Gasteiger partial charge in [-0.1, -0.05) is 86.4 Å². The van der Waals surface area contributed by atoms with Crippen molar-refractivity contribution in [3.05, 3.63) is 90.6 Å². The standard InChI is InChI=1S/C33H33N4O3.Mg/c1-8-19-15(4)24-14-27-20(9-2)16(5)23(36-27)13-25-17(6)21(10-3)30(37-25)28-29(33(39)40-7)32(38)22-11-18(34-31(22)28)12-26(19)35-24;/h9,11-14,17,21,29H,2,8,10H2,1,3-7H3,(H-,34,37,38);/q-3;+2/p-1/b24-14-,25-13-,26-12-;/t17-,21-,29+;/m0./s1. The third-order valence-electron chi connectivity index (χ3n) is 8.78. The van der Waals surface area contributed by atoms with E-state index in [1.165, 1.54) is 7.11 Å². The average Bonchev–Trinajstić information content (AvgIpc) is 3.69. The van der Waals surface area contributed by atoms with E-state index in [1.807, 2.05) is 31.2 Å². The topological polar surface area (TPSA) is 99.8 Å². The Morgan fingerprint density at radius 2 is 1.80 bits per heavy atom. The van der Waals surface area contributed by atoms with Crippen molar-refractivity contribution in [3.63, 3.8) is 0 Å². The van der Waals surface area contributed by atoms with Gasteiger partial charge in [-0.2, -0.15) is 11.4 Å². The molecule has 3 aromatic rings. The summed E-state index contributed by atoms with van der Waals surface area (Å²) in [5.41, 5.74) is 9.61. The van der Waals surface area contributed by atoms with Crippen molar-refractivity contribution in [3.8, 4) is 0 Å². The monoisotopic (exact) mass is 556 g/mol. The molecule has 1 fully saturated rings. The van der Waals surface area contributed by atoms with Gasteiger partial charge < -0.3 is 25.0 Å². The molecule has 8 heteroatoms. The molecule has 206 valence electrons. The molecule has 0 aromatic carbocycles. The fourth-order valence-corrected chi connectivity index (χ4v) is 6.53. The molecule has 2 aliphatic heterocycles. The third kappa shape index (κ3) is 4.30. The van der Waals surface area contributed by atoms with Gasteiger partial charge in [-0.05, 0) is 37.7 Å². The molecule has 0 unspecified atom stereocenters. The normalized spacial score (nSPS) is 25.3. The summed E-state index contributed by atoms with van der Waals surface area (Å²) in [5, 5.41) is 6.76. The zero-order valence-electron chi connectivity index (χ0n) is 24.5. The Balaban J connectivity index is 0.00000337. The number of ether oxygens (including phenoxy) is 1. The van der Waals surface area contributed by atoms with Gasteiger partial charge in [0.25, 0.3) is 0 Å². The maximum atomic E-state index is 13.7. The maximum absolute atomic E-state index is 13.7. The number of fused-ring (bicyclic) bond motifs is 7. The summed E-state index contributed by atoms with van der Waals surface area (Å²) in [4.78, 5) is 41.5. The van der Waals surface area contributed by atoms with E-state index in [0.717, 1.165) is 68.6 Å². The molecule has 0 saturated carbocycles. The maximum Gasteiger partial charge on any atom is 2.00 e. The van der Waals surface area contributed by atoms with E-state index >= 15 is 0 Å². The van der Waals surface area contributed by atoms with Crippen molar-refractivity contribution in [1.29, 1.82) is 0 Å². The molecule has 0 radical (unpaired) electrons. The van der Waals surface area contributed by atoms with Crippen molar-refractivity contribution in [2.45, 2.75) is 47.5 Å². The number of Topliss-reactive ketones (excluding diaryl/α,β-unsaturated/α-hetero) is 1. The molecule has 0 N–H and O–H groups in total. The Morgan fingerprint density at radius 3 is 2.46 bits per heavy atom. The first-order valence-electron chi connectivity index (χ1n) is 13.8. The van der Waals surface area contributed by atoms with Gasteiger partial charge in [0.05, 0.1) is 7.11 Å². The molecular weight excluding hydrogens is 525 g/mol. The van der Waals surface area contributed by atoms with Gasteiger partial charge in [-0.15, -0.1) is 33.5 Å². The second-order valence-electron chi connectivity index (χ2n) is 10.8. The Labute approximate surface area is 256 Å². The van der Waals surface area contributed by atoms with Crippen molar-refractivity contribution >= 4 is 64.7 Å². The van der Waals surface area contributed by atoms with E-state index in [9.17, 15) is 9.59 Å². The molecule has 5 heterocycles. The Bertz CT molecular complexity index is 1800. The van der Waals surface area contributed by atoms with Crippen LogP contribution in [0.4, 0.5) is 0 Å². The number of carbonyl (C=O) groups is 2. The Kier molecular flexibility index (Phi) is 7.59. The van der Waals surface area contributed by atoms with Crippen LogP contribution in [0.5, 0.6) is 0 Å². The van der Waals surface area contributed by atoms with E-state index in [4.69, 9.17) is 25.0 Å². The number of esters is 1. The van der Waals surface area contributed by atoms with Crippen molar-refractivity contribution in [2.75, 3.05) is 7.11 Å². The van der Waals surface area contributed by atoms with Gasteiger partial charge in [-0.3, -0.25) is 9.59 Å². The zero-order chi connectivity index (χ0) is 28.5. The quantitative estimate of drug-likeness (QED) is 0.276. The zero-order valence-corrected chi connectivity index (χ0v) is 25.9. The molecular formula is C33H32MgN4O3-2. The average molecular weight is 557 g/mol. The first kappa shape index (κ1) is 29.0. The van der Waals surface area contributed by atoms with Crippen LogP contribution in [0.3, 0.4) is 0 Å². The smallest absolute Gasteiger partial charge is 0.664 e. The minimum atomic E-state index is -1.07. The minimum Gasteiger partial charge on any atom is -0.664 e. The predicted octanol–water partition coefficient (Wildman–Crippen LogP) is 3.76. The van der Waals surface area contributed by atoms with Crippen LogP contribution < -0.4 is 25.7 Å². The minimum absolute atomic E-state index is 0. The van der Waals surface area contributed by atoms with Gasteiger partial charge in [0.1, 0.15) is 5.92 Å². The molecule has 6 rings (SSSR count). The van der Waals surface area contributed by atoms with Gasteiger partial charge in [-0.25, -0.2) is 0 Å². The van der Waals surface area contributed by atoms with Gasteiger partial charge in [0.2, 0.25) is 0 Å². The van der Waals surface area contributed by atoms with Crippen LogP contribution >= 0.6 is 0 Å². The summed E-state index contributed by atoms with van der Waals surface area (Å²) in [6.45, 7) is 14.5. The molecule has 0 spiro atoms. The van der Waals surface area contributed by atoms with Gasteiger partial charge in [0, 0.05) is 5.56 Å². The summed E-state index contributed by atoms with van der Waals surface area (Å²) in [6, 6.07) is 1.77. The number of ketones is 1. The van der Waals surface area contributed by atoms with Crippen LogP contribution in [0.1, 0.15) is 82.6 Å². The number of hydrogen-bond donors (Lipinski definition) is 0. The Morgan fingerprint density at radius 1 is 1.05 bits per heavy atom. The summed E-state index contributed by atoms with van der Waals surface area (Å²) in [7, 11) is 1.31. The fraction of sp³-hybridized carbons (Fsp3) is 0.333. The van der Waals surface area contributed by atoms with E-state index in [0.29, 0.717) is 22.5 Å². The second-order valence-corrected chi connectivity index (χ2v) is 10.8. The Hall–Kier alpha value is -3.49. The third-order valence-corrected chi connectivity index (χ3v) is 8.78. The summed E-state index contributed by atoms with van der Waals surface area (Å²) in [5.74, 6) is -1.88. The number of hydrogen-bond acceptors (Lipinski definition) is 3. The number of rotatable bonds is 4. The molecule has 8 bridgehead atoms. The molecule has 3 aliphatic rings. The molecule has 3 atom stereocenters. The second kappa shape index (κ2) is 10.7. The molecule has 0 amide bonds. The predicted molar refractivity (Wildman–Crippen MR) is 161 cm³/mol. The summed E-state index contributed by atoms with van der Waals surface area (Å²) in [6.07, 6.45) is 9.42. The molecule has 41 heavy (non-hydrogen) atoms. The van der Waals surface area contributed by atoms with E-state index < -0.39 is 11.9 Å². The van der Waals surface area contributed by atoms with Crippen LogP contribution in [-0.4, -0.2) is 41.9 Å². The first-order chi connectivity index (χ1) is 19.2. The summed E-state index contributed by atoms with van der Waals surface area (Å²) < 4.78 is 5.10. The van der Waals surface area contributed by atoms with Crippen LogP contribution in [0.15, 0.2) is 24.0 Å². The van der Waals surface area contributed by atoms with E-state index in [2.05, 4.69) is 34.3 Å². The largest absolute Gasteiger partial charge is 2.00 e. The van der Waals surface area contributed by atoms with Gasteiger partial charge in [0.15, 0.2) is 5.78 Å². The number of methoxy groups -OCH3 is 1. The molecule has 3 aromatic heterocycles. The van der Waals surface area contributed by atoms with E-state index in [-0.39, 0.29) is 40.7 Å². The van der Waals surface area contributed by atoms with Crippen LogP contribution in [0.25, 0.3) is 35.2 Å². The molecule has 1 aliphatic carbocycles. The number of carbonyl (C=O) groups excluding carboxylic acids is 2. The van der Waals surface area contributed by atoms with Crippen molar-refractivity contribution in [1.82, 2.24) is 15.0 Å². The van der Waals surface area contributed by atoms with Crippen LogP contribution in [0, 0.1) is 31.6 Å². The van der Waals surface area contributed by atoms with Crippen molar-refractivity contribution in [2.24, 2.45) is 17.8 Å². The fourth-order valence-electron chi connectivity index (χ4n) is 6.53. The van der Waals surface area contributed by atoms with Gasteiger partial charge >= 0.3 is 29.0 Å². The number of allylic oxidation sites excluding steroid dienone is 2. The van der Waals surface area contributed by atoms with E-state index in [1.54, 1.807) is 6.07 Å². The summed E-state index contributed by atoms with van der Waals surface area (Å²) >= 11 is 0. The first-order valence-corrected chi connectivity index (χ1v) is 13.8. The number of nitrogens with zero attached hydrogens (tertiary/aromatic N) is 4. The molecule has 1 saturated heterocycles.